The first kappa shape index (κ1) is 22.3. The van der Waals surface area contributed by atoms with Gasteiger partial charge in [-0.15, -0.1) is 0 Å². The van der Waals surface area contributed by atoms with Crippen molar-refractivity contribution in [3.63, 3.8) is 0 Å². The Hall–Kier alpha value is -1.00. The largest absolute Gasteiger partial charge is 0.383 e. The fourth-order valence-corrected chi connectivity index (χ4v) is 4.55. The van der Waals surface area contributed by atoms with Gasteiger partial charge < -0.3 is 15.0 Å². The van der Waals surface area contributed by atoms with Gasteiger partial charge in [0.25, 0.3) is 5.91 Å². The van der Waals surface area contributed by atoms with Crippen molar-refractivity contribution in [1.82, 2.24) is 14.9 Å². The van der Waals surface area contributed by atoms with Crippen molar-refractivity contribution in [1.29, 1.82) is 0 Å². The molecule has 1 amide bonds. The van der Waals surface area contributed by atoms with Crippen LogP contribution in [0.3, 0.4) is 0 Å². The summed E-state index contributed by atoms with van der Waals surface area (Å²) in [4.78, 5) is 15.2. The molecule has 0 unspecified atom stereocenters. The number of amides is 1. The predicted octanol–water partition coefficient (Wildman–Crippen LogP) is 1.98. The van der Waals surface area contributed by atoms with E-state index in [1.54, 1.807) is 6.07 Å². The molecule has 27 heavy (non-hydrogen) atoms. The summed E-state index contributed by atoms with van der Waals surface area (Å²) in [5, 5.41) is 3.04. The van der Waals surface area contributed by atoms with E-state index in [2.05, 4.69) is 37.8 Å². The SMILES string of the molecule is CCCN1CCC(NC(=O)c2cc(S(=O)(=O)NCCOC)ccc2Br)CC1. The molecule has 0 aromatic heterocycles. The highest BCUT2D eigenvalue weighted by Crippen LogP contribution is 2.22. The number of nitrogens with one attached hydrogen (secondary N) is 2. The highest BCUT2D eigenvalue weighted by Gasteiger charge is 2.23. The van der Waals surface area contributed by atoms with Gasteiger partial charge in [-0.2, -0.15) is 0 Å². The van der Waals surface area contributed by atoms with Gasteiger partial charge in [0.2, 0.25) is 10.0 Å². The molecule has 1 aliphatic rings. The molecule has 7 nitrogen and oxygen atoms in total. The summed E-state index contributed by atoms with van der Waals surface area (Å²) in [6, 6.07) is 4.57. The first-order valence-corrected chi connectivity index (χ1v) is 11.5. The Bertz CT molecular complexity index is 734. The molecule has 1 aliphatic heterocycles. The van der Waals surface area contributed by atoms with Gasteiger partial charge in [-0.25, -0.2) is 13.1 Å². The maximum atomic E-state index is 12.7. The van der Waals surface area contributed by atoms with Crippen LogP contribution in [0, 0.1) is 0 Å². The smallest absolute Gasteiger partial charge is 0.252 e. The van der Waals surface area contributed by atoms with Crippen molar-refractivity contribution < 1.29 is 17.9 Å². The van der Waals surface area contributed by atoms with Crippen LogP contribution >= 0.6 is 15.9 Å². The van der Waals surface area contributed by atoms with Gasteiger partial charge >= 0.3 is 0 Å². The predicted molar refractivity (Wildman–Crippen MR) is 108 cm³/mol. The molecule has 0 atom stereocenters. The van der Waals surface area contributed by atoms with Crippen LogP contribution < -0.4 is 10.0 Å². The molecule has 1 aromatic carbocycles. The van der Waals surface area contributed by atoms with Crippen molar-refractivity contribution in [3.8, 4) is 0 Å². The van der Waals surface area contributed by atoms with E-state index in [1.807, 2.05) is 0 Å². The van der Waals surface area contributed by atoms with Gasteiger partial charge in [0.05, 0.1) is 17.1 Å². The lowest BCUT2D eigenvalue weighted by atomic mass is 10.0. The number of nitrogens with zero attached hydrogens (tertiary/aromatic N) is 1. The molecule has 0 bridgehead atoms. The summed E-state index contributed by atoms with van der Waals surface area (Å²) in [5.74, 6) is -0.259. The van der Waals surface area contributed by atoms with Crippen molar-refractivity contribution in [2.45, 2.75) is 37.1 Å². The Morgan fingerprint density at radius 3 is 2.67 bits per heavy atom. The number of hydrogen-bond acceptors (Lipinski definition) is 5. The highest BCUT2D eigenvalue weighted by molar-refractivity contribution is 9.10. The average Bonchev–Trinajstić information content (AvgIpc) is 2.64. The zero-order valence-electron chi connectivity index (χ0n) is 15.8. The molecule has 2 rings (SSSR count). The Morgan fingerprint density at radius 1 is 1.33 bits per heavy atom. The summed E-state index contributed by atoms with van der Waals surface area (Å²) >= 11 is 3.35. The van der Waals surface area contributed by atoms with E-state index >= 15 is 0 Å². The van der Waals surface area contributed by atoms with E-state index in [1.165, 1.54) is 19.2 Å². The molecule has 1 aromatic rings. The van der Waals surface area contributed by atoms with Crippen molar-refractivity contribution in [2.24, 2.45) is 0 Å². The third-order valence-electron chi connectivity index (χ3n) is 4.55. The highest BCUT2D eigenvalue weighted by atomic mass is 79.9. The Balaban J connectivity index is 2.04. The molecule has 1 heterocycles. The number of likely N-dealkylation sites (tertiary alicyclic amines) is 1. The molecule has 0 spiro atoms. The summed E-state index contributed by atoms with van der Waals surface area (Å²) in [6.07, 6.45) is 2.93. The van der Waals surface area contributed by atoms with E-state index in [4.69, 9.17) is 4.74 Å². The lowest BCUT2D eigenvalue weighted by molar-refractivity contribution is 0.0910. The number of halogens is 1. The Morgan fingerprint density at radius 2 is 2.04 bits per heavy atom. The number of rotatable bonds is 9. The molecule has 1 saturated heterocycles. The Kier molecular flexibility index (Phi) is 8.68. The maximum Gasteiger partial charge on any atom is 0.252 e. The molecular formula is C18H28BrN3O4S. The van der Waals surface area contributed by atoms with E-state index in [-0.39, 0.29) is 30.0 Å². The summed E-state index contributed by atoms with van der Waals surface area (Å²) in [5.41, 5.74) is 0.320. The lowest BCUT2D eigenvalue weighted by Gasteiger charge is -2.32. The fraction of sp³-hybridized carbons (Fsp3) is 0.611. The normalized spacial score (nSPS) is 16.4. The second-order valence-corrected chi connectivity index (χ2v) is 9.24. The topological polar surface area (TPSA) is 87.7 Å². The summed E-state index contributed by atoms with van der Waals surface area (Å²) in [7, 11) is -2.19. The third kappa shape index (κ3) is 6.53. The molecule has 152 valence electrons. The van der Waals surface area contributed by atoms with Crippen LogP contribution in [0.1, 0.15) is 36.5 Å². The first-order chi connectivity index (χ1) is 12.9. The maximum absolute atomic E-state index is 12.7. The number of ether oxygens (including phenoxy) is 1. The molecule has 0 saturated carbocycles. The van der Waals surface area contributed by atoms with E-state index in [0.29, 0.717) is 10.0 Å². The summed E-state index contributed by atoms with van der Waals surface area (Å²) < 4.78 is 32.6. The van der Waals surface area contributed by atoms with Crippen molar-refractivity contribution in [2.75, 3.05) is 39.9 Å². The first-order valence-electron chi connectivity index (χ1n) is 9.18. The van der Waals surface area contributed by atoms with Crippen LogP contribution in [0.5, 0.6) is 0 Å². The van der Waals surface area contributed by atoms with Crippen LogP contribution in [-0.4, -0.2) is 65.2 Å². The van der Waals surface area contributed by atoms with Crippen LogP contribution in [0.2, 0.25) is 0 Å². The second kappa shape index (κ2) is 10.5. The number of hydrogen-bond donors (Lipinski definition) is 2. The monoisotopic (exact) mass is 461 g/mol. The van der Waals surface area contributed by atoms with Crippen LogP contribution in [-0.2, 0) is 14.8 Å². The fourth-order valence-electron chi connectivity index (χ4n) is 3.09. The number of benzene rings is 1. The number of methoxy groups -OCH3 is 1. The molecule has 1 fully saturated rings. The van der Waals surface area contributed by atoms with Gasteiger partial charge in [-0.05, 0) is 59.9 Å². The minimum Gasteiger partial charge on any atom is -0.383 e. The number of piperidine rings is 1. The van der Waals surface area contributed by atoms with E-state index in [9.17, 15) is 13.2 Å². The van der Waals surface area contributed by atoms with Crippen molar-refractivity contribution >= 4 is 31.9 Å². The number of carbonyl (C=O) groups excluding carboxylic acids is 1. The van der Waals surface area contributed by atoms with Gasteiger partial charge in [-0.1, -0.05) is 6.92 Å². The number of sulfonamides is 1. The average molecular weight is 462 g/mol. The lowest BCUT2D eigenvalue weighted by Crippen LogP contribution is -2.44. The second-order valence-electron chi connectivity index (χ2n) is 6.62. The van der Waals surface area contributed by atoms with Gasteiger partial charge in [-0.3, -0.25) is 4.79 Å². The van der Waals surface area contributed by atoms with Crippen LogP contribution in [0.15, 0.2) is 27.6 Å². The standard InChI is InChI=1S/C18H28BrN3O4S/c1-3-9-22-10-6-14(7-11-22)21-18(23)16-13-15(4-5-17(16)19)27(24,25)20-8-12-26-2/h4-5,13-14,20H,3,6-12H2,1-2H3,(H,21,23). The zero-order valence-corrected chi connectivity index (χ0v) is 18.2. The molecule has 2 N–H and O–H groups in total. The van der Waals surface area contributed by atoms with Crippen LogP contribution in [0.4, 0.5) is 0 Å². The minimum absolute atomic E-state index is 0.0599. The number of carbonyl (C=O) groups is 1. The third-order valence-corrected chi connectivity index (χ3v) is 6.70. The minimum atomic E-state index is -3.69. The zero-order chi connectivity index (χ0) is 19.9. The molecule has 9 heteroatoms. The van der Waals surface area contributed by atoms with Gasteiger partial charge in [0, 0.05) is 37.3 Å². The quantitative estimate of drug-likeness (QED) is 0.548. The van der Waals surface area contributed by atoms with Crippen molar-refractivity contribution in [3.05, 3.63) is 28.2 Å². The van der Waals surface area contributed by atoms with Gasteiger partial charge in [0.1, 0.15) is 0 Å². The van der Waals surface area contributed by atoms with Crippen LogP contribution in [0.25, 0.3) is 0 Å². The van der Waals surface area contributed by atoms with E-state index in [0.717, 1.165) is 38.9 Å². The van der Waals surface area contributed by atoms with Gasteiger partial charge in [0.15, 0.2) is 0 Å². The molecule has 0 aliphatic carbocycles. The summed E-state index contributed by atoms with van der Waals surface area (Å²) in [6.45, 7) is 5.64. The Labute approximate surface area is 170 Å². The molecule has 0 radical (unpaired) electrons. The molecular weight excluding hydrogens is 434 g/mol. The van der Waals surface area contributed by atoms with E-state index < -0.39 is 10.0 Å².